The van der Waals surface area contributed by atoms with E-state index < -0.39 is 5.60 Å². The van der Waals surface area contributed by atoms with Gasteiger partial charge in [-0.25, -0.2) is 0 Å². The molecule has 36 heavy (non-hydrogen) atoms. The Hall–Kier alpha value is -2.96. The summed E-state index contributed by atoms with van der Waals surface area (Å²) in [6.45, 7) is 3.02. The second kappa shape index (κ2) is 11.8. The number of hydrogen-bond acceptors (Lipinski definition) is 6. The first-order chi connectivity index (χ1) is 17.6. The van der Waals surface area contributed by atoms with Crippen LogP contribution >= 0.6 is 11.6 Å². The normalized spacial score (nSPS) is 16.5. The van der Waals surface area contributed by atoms with Crippen LogP contribution in [0.5, 0.6) is 23.0 Å². The number of ether oxygens (including phenoxy) is 5. The van der Waals surface area contributed by atoms with Gasteiger partial charge in [-0.15, -0.1) is 11.6 Å². The molecule has 0 N–H and O–H groups in total. The third-order valence-corrected chi connectivity index (χ3v) is 6.98. The number of halogens is 1. The number of unbranched alkanes of at least 4 members (excludes halogenated alkanes) is 2. The lowest BCUT2D eigenvalue weighted by Crippen LogP contribution is -2.27. The minimum Gasteiger partial charge on any atom is -0.493 e. The number of pyridine rings is 1. The summed E-state index contributed by atoms with van der Waals surface area (Å²) in [5.41, 5.74) is 3.98. The Morgan fingerprint density at radius 1 is 0.972 bits per heavy atom. The average Bonchev–Trinajstić information content (AvgIpc) is 3.31. The van der Waals surface area contributed by atoms with Crippen molar-refractivity contribution < 1.29 is 23.7 Å². The quantitative estimate of drug-likeness (QED) is 0.197. The molecule has 0 fully saturated rings. The lowest BCUT2D eigenvalue weighted by Gasteiger charge is -2.31. The Balaban J connectivity index is 1.83. The molecular formula is C29H34ClNO5. The number of hydrogen-bond donors (Lipinski definition) is 0. The van der Waals surface area contributed by atoms with Gasteiger partial charge in [-0.3, -0.25) is 4.98 Å². The first-order valence-electron chi connectivity index (χ1n) is 12.3. The molecule has 1 aliphatic heterocycles. The first kappa shape index (κ1) is 26.1. The smallest absolute Gasteiger partial charge is 0.203 e. The summed E-state index contributed by atoms with van der Waals surface area (Å²) in [5, 5.41) is 0. The van der Waals surface area contributed by atoms with Gasteiger partial charge < -0.3 is 23.7 Å². The highest BCUT2D eigenvalue weighted by Crippen LogP contribution is 2.52. The van der Waals surface area contributed by atoms with Gasteiger partial charge in [-0.2, -0.15) is 0 Å². The minimum absolute atomic E-state index is 0.254. The summed E-state index contributed by atoms with van der Waals surface area (Å²) in [6, 6.07) is 14.0. The number of methoxy groups -OCH3 is 3. The van der Waals surface area contributed by atoms with E-state index in [1.54, 1.807) is 21.3 Å². The molecule has 1 aromatic heterocycles. The van der Waals surface area contributed by atoms with E-state index in [-0.39, 0.29) is 5.88 Å². The molecule has 0 bridgehead atoms. The zero-order chi connectivity index (χ0) is 25.5. The van der Waals surface area contributed by atoms with Crippen molar-refractivity contribution in [3.63, 3.8) is 0 Å². The predicted molar refractivity (Wildman–Crippen MR) is 140 cm³/mol. The van der Waals surface area contributed by atoms with Crippen LogP contribution in [0.2, 0.25) is 0 Å². The summed E-state index contributed by atoms with van der Waals surface area (Å²) in [5.74, 6) is 2.68. The summed E-state index contributed by atoms with van der Waals surface area (Å²) in [7, 11) is 4.85. The number of aromatic nitrogens is 1. The van der Waals surface area contributed by atoms with Gasteiger partial charge in [0, 0.05) is 17.3 Å². The number of alkyl halides is 1. The second-order valence-corrected chi connectivity index (χ2v) is 9.09. The van der Waals surface area contributed by atoms with Gasteiger partial charge in [0.15, 0.2) is 11.5 Å². The van der Waals surface area contributed by atoms with Crippen molar-refractivity contribution in [2.24, 2.45) is 0 Å². The lowest BCUT2D eigenvalue weighted by atomic mass is 9.81. The Morgan fingerprint density at radius 2 is 1.69 bits per heavy atom. The van der Waals surface area contributed by atoms with Crippen LogP contribution in [0.3, 0.4) is 0 Å². The molecule has 6 nitrogen and oxygen atoms in total. The number of benzene rings is 2. The number of nitrogens with zero attached hydrogens (tertiary/aromatic N) is 1. The zero-order valence-corrected chi connectivity index (χ0v) is 22.2. The fraction of sp³-hybridized carbons (Fsp3) is 0.414. The van der Waals surface area contributed by atoms with E-state index in [0.29, 0.717) is 41.9 Å². The number of fused-ring (bicyclic) bond motifs is 1. The second-order valence-electron chi connectivity index (χ2n) is 8.82. The van der Waals surface area contributed by atoms with Crippen molar-refractivity contribution in [1.29, 1.82) is 0 Å². The SMILES string of the molecule is CCCCCC1(c2cc(OC)c(OC)c(OC)c2)OCc2c1cnc(CCl)c2OCc1ccccc1. The van der Waals surface area contributed by atoms with Crippen molar-refractivity contribution in [3.8, 4) is 23.0 Å². The van der Waals surface area contributed by atoms with Crippen LogP contribution in [0.15, 0.2) is 48.7 Å². The molecule has 0 aliphatic carbocycles. The van der Waals surface area contributed by atoms with Gasteiger partial charge in [0.05, 0.1) is 39.5 Å². The molecule has 1 atom stereocenters. The molecule has 0 saturated heterocycles. The maximum Gasteiger partial charge on any atom is 0.203 e. The van der Waals surface area contributed by atoms with E-state index >= 15 is 0 Å². The fourth-order valence-electron chi connectivity index (χ4n) is 4.86. The monoisotopic (exact) mass is 511 g/mol. The minimum atomic E-state index is -0.722. The molecule has 0 amide bonds. The van der Waals surface area contributed by atoms with Gasteiger partial charge in [0.25, 0.3) is 0 Å². The maximum absolute atomic E-state index is 6.69. The van der Waals surface area contributed by atoms with Crippen LogP contribution in [-0.4, -0.2) is 26.3 Å². The predicted octanol–water partition coefficient (Wildman–Crippen LogP) is 6.78. The molecular weight excluding hydrogens is 478 g/mol. The molecule has 2 heterocycles. The van der Waals surface area contributed by atoms with E-state index in [1.165, 1.54) is 0 Å². The molecule has 2 aromatic carbocycles. The van der Waals surface area contributed by atoms with Gasteiger partial charge in [0.1, 0.15) is 18.0 Å². The Kier molecular flexibility index (Phi) is 8.60. The van der Waals surface area contributed by atoms with Gasteiger partial charge in [-0.05, 0) is 36.1 Å². The van der Waals surface area contributed by atoms with Gasteiger partial charge in [-0.1, -0.05) is 50.1 Å². The van der Waals surface area contributed by atoms with Gasteiger partial charge in [0.2, 0.25) is 5.75 Å². The zero-order valence-electron chi connectivity index (χ0n) is 21.4. The molecule has 0 saturated carbocycles. The molecule has 1 unspecified atom stereocenters. The van der Waals surface area contributed by atoms with E-state index in [9.17, 15) is 0 Å². The van der Waals surface area contributed by atoms with Crippen molar-refractivity contribution in [2.45, 2.75) is 57.3 Å². The van der Waals surface area contributed by atoms with Crippen LogP contribution in [0, 0.1) is 0 Å². The molecule has 0 spiro atoms. The third kappa shape index (κ3) is 4.97. The standard InChI is InChI=1S/C29H34ClNO5/c1-5-6-10-13-29(21-14-25(32-2)28(34-4)26(15-21)33-3)23-17-31-24(16-30)27(22(23)19-36-29)35-18-20-11-8-7-9-12-20/h7-9,11-12,14-15,17H,5-6,10,13,16,18-19H2,1-4H3. The highest BCUT2D eigenvalue weighted by molar-refractivity contribution is 6.17. The summed E-state index contributed by atoms with van der Waals surface area (Å²) >= 11 is 6.29. The highest BCUT2D eigenvalue weighted by Gasteiger charge is 2.44. The van der Waals surface area contributed by atoms with E-state index in [1.807, 2.05) is 48.7 Å². The average molecular weight is 512 g/mol. The van der Waals surface area contributed by atoms with Crippen molar-refractivity contribution in [3.05, 3.63) is 76.6 Å². The maximum atomic E-state index is 6.69. The lowest BCUT2D eigenvalue weighted by molar-refractivity contribution is -0.0140. The summed E-state index contributed by atoms with van der Waals surface area (Å²) in [6.07, 6.45) is 5.86. The Labute approximate surface area is 218 Å². The summed E-state index contributed by atoms with van der Waals surface area (Å²) < 4.78 is 29.9. The van der Waals surface area contributed by atoms with Crippen molar-refractivity contribution >= 4 is 11.6 Å². The van der Waals surface area contributed by atoms with E-state index in [4.69, 9.17) is 40.3 Å². The molecule has 192 valence electrons. The molecule has 1 aliphatic rings. The third-order valence-electron chi connectivity index (χ3n) is 6.72. The van der Waals surface area contributed by atoms with Crippen LogP contribution in [0.25, 0.3) is 0 Å². The molecule has 0 radical (unpaired) electrons. The van der Waals surface area contributed by atoms with E-state index in [2.05, 4.69) is 6.92 Å². The van der Waals surface area contributed by atoms with Crippen LogP contribution in [0.4, 0.5) is 0 Å². The van der Waals surface area contributed by atoms with Gasteiger partial charge >= 0.3 is 0 Å². The largest absolute Gasteiger partial charge is 0.493 e. The van der Waals surface area contributed by atoms with Crippen LogP contribution in [0.1, 0.15) is 60.6 Å². The molecule has 3 aromatic rings. The molecule has 4 rings (SSSR count). The Morgan fingerprint density at radius 3 is 2.31 bits per heavy atom. The van der Waals surface area contributed by atoms with Crippen LogP contribution < -0.4 is 18.9 Å². The highest BCUT2D eigenvalue weighted by atomic mass is 35.5. The number of rotatable bonds is 12. The Bertz CT molecular complexity index is 1140. The topological polar surface area (TPSA) is 59.0 Å². The fourth-order valence-corrected chi connectivity index (χ4v) is 5.05. The van der Waals surface area contributed by atoms with Crippen LogP contribution in [-0.2, 0) is 29.4 Å². The van der Waals surface area contributed by atoms with Crippen molar-refractivity contribution in [2.75, 3.05) is 21.3 Å². The first-order valence-corrected chi connectivity index (χ1v) is 12.8. The summed E-state index contributed by atoms with van der Waals surface area (Å²) in [4.78, 5) is 4.72. The van der Waals surface area contributed by atoms with Crippen molar-refractivity contribution in [1.82, 2.24) is 4.98 Å². The van der Waals surface area contributed by atoms with E-state index in [0.717, 1.165) is 47.9 Å². The molecule has 7 heteroatoms.